The average molecular weight is 325 g/mol. The lowest BCUT2D eigenvalue weighted by Crippen LogP contribution is -2.37. The number of hydrogen-bond acceptors (Lipinski definition) is 3. The zero-order valence-corrected chi connectivity index (χ0v) is 13.0. The van der Waals surface area contributed by atoms with E-state index in [1.54, 1.807) is 16.2 Å². The van der Waals surface area contributed by atoms with Crippen LogP contribution in [0.5, 0.6) is 0 Å². The number of rotatable bonds is 2. The van der Waals surface area contributed by atoms with E-state index in [2.05, 4.69) is 28.9 Å². The number of carbonyl (C=O) groups excluding carboxylic acids is 1. The third-order valence-corrected chi connectivity index (χ3v) is 5.31. The standard InChI is InChI=1S/C14H13ClN2OS2/c15-13-11(5-9-20-13)16-14(18)17-6-3-10(4-7-17)12-2-1-8-19-12/h1-3,5,8-9H,4,6-7H2,(H,16,18). The van der Waals surface area contributed by atoms with Crippen LogP contribution in [0.25, 0.3) is 5.57 Å². The molecule has 3 heterocycles. The predicted octanol–water partition coefficient (Wildman–Crippen LogP) is 4.78. The highest BCUT2D eigenvalue weighted by Crippen LogP contribution is 2.29. The molecule has 0 saturated heterocycles. The second-order valence-electron chi connectivity index (χ2n) is 4.44. The van der Waals surface area contributed by atoms with Crippen LogP contribution in [0.1, 0.15) is 11.3 Å². The van der Waals surface area contributed by atoms with Gasteiger partial charge in [-0.25, -0.2) is 4.79 Å². The molecule has 0 spiro atoms. The van der Waals surface area contributed by atoms with Crippen LogP contribution in [0.15, 0.2) is 35.0 Å². The zero-order valence-electron chi connectivity index (χ0n) is 10.6. The van der Waals surface area contributed by atoms with Crippen LogP contribution in [-0.2, 0) is 0 Å². The van der Waals surface area contributed by atoms with Crippen LogP contribution in [0.4, 0.5) is 10.5 Å². The minimum absolute atomic E-state index is 0.0909. The molecule has 0 aromatic carbocycles. The van der Waals surface area contributed by atoms with Gasteiger partial charge < -0.3 is 10.2 Å². The molecule has 2 aromatic heterocycles. The van der Waals surface area contributed by atoms with E-state index < -0.39 is 0 Å². The van der Waals surface area contributed by atoms with Crippen molar-refractivity contribution in [3.63, 3.8) is 0 Å². The molecule has 3 nitrogen and oxygen atoms in total. The molecule has 0 atom stereocenters. The van der Waals surface area contributed by atoms with Gasteiger partial charge in [-0.1, -0.05) is 23.7 Å². The number of carbonyl (C=O) groups is 1. The summed E-state index contributed by atoms with van der Waals surface area (Å²) in [7, 11) is 0. The number of anilines is 1. The smallest absolute Gasteiger partial charge is 0.320 e. The first-order valence-corrected chi connectivity index (χ1v) is 8.39. The van der Waals surface area contributed by atoms with E-state index in [1.807, 2.05) is 11.4 Å². The van der Waals surface area contributed by atoms with E-state index >= 15 is 0 Å². The van der Waals surface area contributed by atoms with Gasteiger partial charge in [-0.05, 0) is 34.9 Å². The average Bonchev–Trinajstić information content (AvgIpc) is 3.12. The Kier molecular flexibility index (Phi) is 4.10. The van der Waals surface area contributed by atoms with Gasteiger partial charge in [-0.3, -0.25) is 0 Å². The van der Waals surface area contributed by atoms with Gasteiger partial charge in [0.25, 0.3) is 0 Å². The summed E-state index contributed by atoms with van der Waals surface area (Å²) in [4.78, 5) is 15.2. The molecular formula is C14H13ClN2OS2. The summed E-state index contributed by atoms with van der Waals surface area (Å²) in [5, 5.41) is 6.79. The number of thiophene rings is 2. The minimum Gasteiger partial charge on any atom is -0.320 e. The van der Waals surface area contributed by atoms with Gasteiger partial charge in [-0.2, -0.15) is 0 Å². The van der Waals surface area contributed by atoms with Crippen molar-refractivity contribution >= 4 is 51.6 Å². The lowest BCUT2D eigenvalue weighted by molar-refractivity contribution is 0.217. The molecule has 1 aliphatic rings. The van der Waals surface area contributed by atoms with Crippen molar-refractivity contribution < 1.29 is 4.79 Å². The fourth-order valence-corrected chi connectivity index (χ4v) is 3.75. The van der Waals surface area contributed by atoms with Crippen molar-refractivity contribution in [1.29, 1.82) is 0 Å². The van der Waals surface area contributed by atoms with Crippen molar-refractivity contribution in [1.82, 2.24) is 4.90 Å². The SMILES string of the molecule is O=C(Nc1ccsc1Cl)N1CC=C(c2cccs2)CC1. The van der Waals surface area contributed by atoms with Crippen LogP contribution < -0.4 is 5.32 Å². The Balaban J connectivity index is 1.63. The summed E-state index contributed by atoms with van der Waals surface area (Å²) in [6, 6.07) is 5.91. The Morgan fingerprint density at radius 1 is 1.30 bits per heavy atom. The van der Waals surface area contributed by atoms with E-state index in [0.717, 1.165) is 13.0 Å². The monoisotopic (exact) mass is 324 g/mol. The van der Waals surface area contributed by atoms with Crippen LogP contribution >= 0.6 is 34.3 Å². The maximum atomic E-state index is 12.1. The zero-order chi connectivity index (χ0) is 13.9. The van der Waals surface area contributed by atoms with Crippen molar-refractivity contribution in [2.24, 2.45) is 0 Å². The molecule has 0 aliphatic carbocycles. The van der Waals surface area contributed by atoms with E-state index in [0.29, 0.717) is 16.6 Å². The molecular weight excluding hydrogens is 312 g/mol. The lowest BCUT2D eigenvalue weighted by Gasteiger charge is -2.26. The first kappa shape index (κ1) is 13.7. The lowest BCUT2D eigenvalue weighted by atomic mass is 10.1. The Labute approximate surface area is 130 Å². The van der Waals surface area contributed by atoms with Crippen LogP contribution in [0, 0.1) is 0 Å². The fraction of sp³-hybridized carbons (Fsp3) is 0.214. The summed E-state index contributed by atoms with van der Waals surface area (Å²) in [5.41, 5.74) is 2.02. The number of halogens is 1. The van der Waals surface area contributed by atoms with Crippen LogP contribution in [0.2, 0.25) is 4.34 Å². The first-order valence-electron chi connectivity index (χ1n) is 6.26. The maximum absolute atomic E-state index is 12.1. The molecule has 0 bridgehead atoms. The number of urea groups is 1. The van der Waals surface area contributed by atoms with Crippen molar-refractivity contribution in [2.75, 3.05) is 18.4 Å². The van der Waals surface area contributed by atoms with Gasteiger partial charge in [0.05, 0.1) is 5.69 Å². The minimum atomic E-state index is -0.0909. The molecule has 0 saturated carbocycles. The molecule has 0 radical (unpaired) electrons. The Morgan fingerprint density at radius 2 is 2.20 bits per heavy atom. The fourth-order valence-electron chi connectivity index (χ4n) is 2.11. The van der Waals surface area contributed by atoms with Gasteiger partial charge in [0, 0.05) is 18.0 Å². The molecule has 0 unspecified atom stereocenters. The molecule has 1 N–H and O–H groups in total. The van der Waals surface area contributed by atoms with Gasteiger partial charge in [-0.15, -0.1) is 22.7 Å². The van der Waals surface area contributed by atoms with E-state index in [-0.39, 0.29) is 6.03 Å². The van der Waals surface area contributed by atoms with Crippen molar-refractivity contribution in [3.05, 3.63) is 44.2 Å². The second kappa shape index (κ2) is 5.99. The molecule has 2 aromatic rings. The van der Waals surface area contributed by atoms with Gasteiger partial charge in [0.2, 0.25) is 0 Å². The maximum Gasteiger partial charge on any atom is 0.322 e. The summed E-state index contributed by atoms with van der Waals surface area (Å²) in [5.74, 6) is 0. The van der Waals surface area contributed by atoms with E-state index in [1.165, 1.54) is 21.8 Å². The Hall–Kier alpha value is -1.30. The van der Waals surface area contributed by atoms with Crippen molar-refractivity contribution in [3.8, 4) is 0 Å². The van der Waals surface area contributed by atoms with Crippen LogP contribution in [0.3, 0.4) is 0 Å². The number of hydrogen-bond donors (Lipinski definition) is 1. The van der Waals surface area contributed by atoms with Crippen LogP contribution in [-0.4, -0.2) is 24.0 Å². The molecule has 104 valence electrons. The Morgan fingerprint density at radius 3 is 2.80 bits per heavy atom. The summed E-state index contributed by atoms with van der Waals surface area (Å²) in [6.07, 6.45) is 3.02. The molecule has 0 fully saturated rings. The normalized spacial score (nSPS) is 15.1. The molecule has 20 heavy (non-hydrogen) atoms. The van der Waals surface area contributed by atoms with Gasteiger partial charge >= 0.3 is 6.03 Å². The highest BCUT2D eigenvalue weighted by molar-refractivity contribution is 7.15. The van der Waals surface area contributed by atoms with Crippen molar-refractivity contribution in [2.45, 2.75) is 6.42 Å². The highest BCUT2D eigenvalue weighted by Gasteiger charge is 2.19. The second-order valence-corrected chi connectivity index (χ2v) is 6.91. The van der Waals surface area contributed by atoms with E-state index in [9.17, 15) is 4.79 Å². The quantitative estimate of drug-likeness (QED) is 0.846. The van der Waals surface area contributed by atoms with E-state index in [4.69, 9.17) is 11.6 Å². The summed E-state index contributed by atoms with van der Waals surface area (Å²) in [6.45, 7) is 1.37. The number of nitrogens with zero attached hydrogens (tertiary/aromatic N) is 1. The summed E-state index contributed by atoms with van der Waals surface area (Å²) < 4.78 is 0.616. The molecule has 1 aliphatic heterocycles. The molecule has 2 amide bonds. The summed E-state index contributed by atoms with van der Waals surface area (Å²) >= 11 is 9.14. The largest absolute Gasteiger partial charge is 0.322 e. The third-order valence-electron chi connectivity index (χ3n) is 3.19. The predicted molar refractivity (Wildman–Crippen MR) is 86.8 cm³/mol. The topological polar surface area (TPSA) is 32.3 Å². The Bertz CT molecular complexity index is 633. The first-order chi connectivity index (χ1) is 9.74. The van der Waals surface area contributed by atoms with Gasteiger partial charge in [0.1, 0.15) is 4.34 Å². The number of nitrogens with one attached hydrogen (secondary N) is 1. The van der Waals surface area contributed by atoms with Gasteiger partial charge in [0.15, 0.2) is 0 Å². The highest BCUT2D eigenvalue weighted by atomic mass is 35.5. The number of amides is 2. The molecule has 6 heteroatoms. The molecule has 3 rings (SSSR count). The third kappa shape index (κ3) is 2.90.